The summed E-state index contributed by atoms with van der Waals surface area (Å²) in [5, 5.41) is 8.08. The van der Waals surface area contributed by atoms with Crippen LogP contribution in [0.25, 0.3) is 0 Å². The molecule has 0 amide bonds. The van der Waals surface area contributed by atoms with Gasteiger partial charge in [0.1, 0.15) is 0 Å². The van der Waals surface area contributed by atoms with Crippen LogP contribution in [-0.4, -0.2) is 57.2 Å². The molecule has 0 saturated heterocycles. The van der Waals surface area contributed by atoms with E-state index in [0.29, 0.717) is 6.42 Å². The fraction of sp³-hybridized carbons (Fsp3) is 0.667. The lowest BCUT2D eigenvalue weighted by Gasteiger charge is -1.90. The first kappa shape index (κ1) is 21.3. The first-order valence-corrected chi connectivity index (χ1v) is 5.89. The second kappa shape index (κ2) is 11.5. The van der Waals surface area contributed by atoms with Crippen LogP contribution < -0.4 is 0 Å². The Kier molecular flexibility index (Phi) is 14.5. The number of carboxylic acids is 1. The van der Waals surface area contributed by atoms with Gasteiger partial charge in [0.05, 0.1) is 7.11 Å². The maximum Gasteiger partial charge on any atom is 0.397 e. The number of hydrogen-bond donors (Lipinski definition) is 2. The van der Waals surface area contributed by atoms with Gasteiger partial charge in [-0.2, -0.15) is 8.42 Å². The van der Waals surface area contributed by atoms with Gasteiger partial charge in [0.25, 0.3) is 0 Å². The summed E-state index contributed by atoms with van der Waals surface area (Å²) in [6, 6.07) is 0. The molecule has 17 heavy (non-hydrogen) atoms. The molecule has 0 aliphatic rings. The van der Waals surface area contributed by atoms with E-state index in [9.17, 15) is 13.2 Å². The number of nitrogens with zero attached hydrogens (tertiary/aromatic N) is 1. The molecular weight excluding hydrogens is 250 g/mol. The SMILES string of the molecule is C=C(CC)C(=O)O.CN(C)C.COS(=O)(=O)O. The summed E-state index contributed by atoms with van der Waals surface area (Å²) in [6.45, 7) is 5.03. The lowest BCUT2D eigenvalue weighted by atomic mass is 10.2. The highest BCUT2D eigenvalue weighted by Crippen LogP contribution is 1.93. The Morgan fingerprint density at radius 1 is 1.35 bits per heavy atom. The van der Waals surface area contributed by atoms with E-state index >= 15 is 0 Å². The van der Waals surface area contributed by atoms with E-state index in [2.05, 4.69) is 10.8 Å². The molecule has 0 aromatic carbocycles. The molecule has 0 bridgehead atoms. The third-order valence-electron chi connectivity index (χ3n) is 0.940. The number of carbonyl (C=O) groups is 1. The van der Waals surface area contributed by atoms with Crippen LogP contribution >= 0.6 is 0 Å². The highest BCUT2D eigenvalue weighted by molar-refractivity contribution is 7.80. The summed E-state index contributed by atoms with van der Waals surface area (Å²) < 4.78 is 29.7. The molecule has 7 nitrogen and oxygen atoms in total. The summed E-state index contributed by atoms with van der Waals surface area (Å²) in [5.41, 5.74) is 0.264. The van der Waals surface area contributed by atoms with Gasteiger partial charge in [-0.25, -0.2) is 4.79 Å². The van der Waals surface area contributed by atoms with E-state index in [1.165, 1.54) is 0 Å². The van der Waals surface area contributed by atoms with Crippen molar-refractivity contribution < 1.29 is 27.1 Å². The average molecular weight is 271 g/mol. The lowest BCUT2D eigenvalue weighted by molar-refractivity contribution is -0.132. The van der Waals surface area contributed by atoms with Gasteiger partial charge in [0, 0.05) is 5.57 Å². The van der Waals surface area contributed by atoms with Crippen LogP contribution in [0.15, 0.2) is 12.2 Å². The van der Waals surface area contributed by atoms with Gasteiger partial charge < -0.3 is 10.0 Å². The number of rotatable bonds is 3. The molecule has 0 atom stereocenters. The molecule has 0 saturated carbocycles. The van der Waals surface area contributed by atoms with Crippen molar-refractivity contribution in [2.24, 2.45) is 0 Å². The van der Waals surface area contributed by atoms with Gasteiger partial charge in [-0.15, -0.1) is 0 Å². The average Bonchev–Trinajstić information content (AvgIpc) is 2.15. The fourth-order valence-corrected chi connectivity index (χ4v) is 0.151. The first-order valence-electron chi connectivity index (χ1n) is 4.52. The van der Waals surface area contributed by atoms with Gasteiger partial charge in [0.15, 0.2) is 0 Å². The second-order valence-electron chi connectivity index (χ2n) is 3.20. The van der Waals surface area contributed by atoms with E-state index in [1.807, 2.05) is 26.0 Å². The molecule has 0 aliphatic carbocycles. The Bertz CT molecular complexity index is 307. The highest BCUT2D eigenvalue weighted by Gasteiger charge is 1.96. The maximum absolute atomic E-state index is 9.83. The fourth-order valence-electron chi connectivity index (χ4n) is 0.151. The minimum atomic E-state index is -4.16. The van der Waals surface area contributed by atoms with Crippen molar-refractivity contribution >= 4 is 16.4 Å². The van der Waals surface area contributed by atoms with E-state index in [1.54, 1.807) is 6.92 Å². The van der Waals surface area contributed by atoms with Gasteiger partial charge >= 0.3 is 16.4 Å². The maximum atomic E-state index is 9.83. The molecule has 0 spiro atoms. The topological polar surface area (TPSA) is 104 Å². The zero-order valence-electron chi connectivity index (χ0n) is 10.8. The van der Waals surface area contributed by atoms with Crippen molar-refractivity contribution in [3.63, 3.8) is 0 Å². The largest absolute Gasteiger partial charge is 0.478 e. The lowest BCUT2D eigenvalue weighted by Crippen LogP contribution is -1.99. The molecule has 0 fully saturated rings. The van der Waals surface area contributed by atoms with Crippen LogP contribution in [0.5, 0.6) is 0 Å². The zero-order valence-corrected chi connectivity index (χ0v) is 11.6. The van der Waals surface area contributed by atoms with E-state index in [0.717, 1.165) is 7.11 Å². The van der Waals surface area contributed by atoms with Crippen molar-refractivity contribution in [3.8, 4) is 0 Å². The Balaban J connectivity index is -0.000000180. The van der Waals surface area contributed by atoms with Crippen LogP contribution in [-0.2, 0) is 19.4 Å². The minimum Gasteiger partial charge on any atom is -0.478 e. The van der Waals surface area contributed by atoms with Gasteiger partial charge in [0.2, 0.25) is 0 Å². The number of hydrogen-bond acceptors (Lipinski definition) is 5. The molecule has 2 N–H and O–H groups in total. The van der Waals surface area contributed by atoms with E-state index in [-0.39, 0.29) is 5.57 Å². The monoisotopic (exact) mass is 271 g/mol. The number of carboxylic acid groups (broad SMARTS) is 1. The van der Waals surface area contributed by atoms with Crippen LogP contribution in [0.1, 0.15) is 13.3 Å². The van der Waals surface area contributed by atoms with Gasteiger partial charge in [-0.05, 0) is 27.6 Å². The molecule has 0 aromatic heterocycles. The molecule has 0 unspecified atom stereocenters. The van der Waals surface area contributed by atoms with Crippen molar-refractivity contribution in [2.75, 3.05) is 28.3 Å². The summed E-state index contributed by atoms with van der Waals surface area (Å²) in [6.07, 6.45) is 0.523. The van der Waals surface area contributed by atoms with E-state index < -0.39 is 16.4 Å². The normalized spacial score (nSPS) is 9.59. The summed E-state index contributed by atoms with van der Waals surface area (Å²) >= 11 is 0. The predicted octanol–water partition coefficient (Wildman–Crippen LogP) is 0.651. The Morgan fingerprint density at radius 3 is 1.59 bits per heavy atom. The van der Waals surface area contributed by atoms with Crippen LogP contribution in [0.2, 0.25) is 0 Å². The quantitative estimate of drug-likeness (QED) is 0.573. The summed E-state index contributed by atoms with van der Waals surface area (Å²) in [5.74, 6) is -0.900. The molecule has 0 rings (SSSR count). The van der Waals surface area contributed by atoms with Crippen molar-refractivity contribution in [1.29, 1.82) is 0 Å². The standard InChI is InChI=1S/C5H8O2.C3H9N.CH4O4S/c1-3-4(2)5(6)7;1-4(2)3;1-5-6(2,3)4/h2-3H2,1H3,(H,6,7);1-3H3;1H3,(H,2,3,4). The molecule has 0 aromatic rings. The molecule has 0 radical (unpaired) electrons. The van der Waals surface area contributed by atoms with Gasteiger partial charge in [-0.3, -0.25) is 8.74 Å². The second-order valence-corrected chi connectivity index (χ2v) is 4.39. The zero-order chi connectivity index (χ0) is 14.6. The van der Waals surface area contributed by atoms with Crippen LogP contribution in [0, 0.1) is 0 Å². The van der Waals surface area contributed by atoms with Crippen molar-refractivity contribution in [2.45, 2.75) is 13.3 Å². The molecular formula is C9H21NO6S. The third-order valence-corrected chi connectivity index (χ3v) is 1.36. The van der Waals surface area contributed by atoms with Crippen molar-refractivity contribution in [1.82, 2.24) is 4.90 Å². The van der Waals surface area contributed by atoms with Crippen LogP contribution in [0.4, 0.5) is 0 Å². The Labute approximate surface area is 103 Å². The van der Waals surface area contributed by atoms with E-state index in [4.69, 9.17) is 9.66 Å². The first-order chi connectivity index (χ1) is 7.47. The summed E-state index contributed by atoms with van der Waals surface area (Å²) in [7, 11) is 2.71. The third kappa shape index (κ3) is 39.6. The van der Waals surface area contributed by atoms with Crippen LogP contribution in [0.3, 0.4) is 0 Å². The summed E-state index contributed by atoms with van der Waals surface area (Å²) in [4.78, 5) is 11.8. The Hall–Kier alpha value is -0.960. The minimum absolute atomic E-state index is 0.264. The molecule has 8 heteroatoms. The molecule has 0 aliphatic heterocycles. The molecule has 104 valence electrons. The van der Waals surface area contributed by atoms with Crippen molar-refractivity contribution in [3.05, 3.63) is 12.2 Å². The van der Waals surface area contributed by atoms with Gasteiger partial charge in [-0.1, -0.05) is 13.5 Å². The smallest absolute Gasteiger partial charge is 0.397 e. The highest BCUT2D eigenvalue weighted by atomic mass is 32.3. The number of aliphatic carboxylic acids is 1. The predicted molar refractivity (Wildman–Crippen MR) is 65.2 cm³/mol. The Morgan fingerprint density at radius 2 is 1.59 bits per heavy atom. The molecule has 0 heterocycles.